The molecule has 0 aromatic heterocycles. The quantitative estimate of drug-likeness (QED) is 0.811. The van der Waals surface area contributed by atoms with E-state index in [9.17, 15) is 4.79 Å². The van der Waals surface area contributed by atoms with E-state index in [4.69, 9.17) is 10.5 Å². The van der Waals surface area contributed by atoms with Gasteiger partial charge < -0.3 is 15.8 Å². The number of carbonyl (C=O) groups excluding carboxylic acids is 1. The molecule has 0 aliphatic rings. The molecule has 2 atom stereocenters. The number of nitrogens with two attached hydrogens (primary N) is 1. The van der Waals surface area contributed by atoms with Crippen LogP contribution in [0.5, 0.6) is 5.75 Å². The fourth-order valence-electron chi connectivity index (χ4n) is 2.19. The number of carbonyl (C=O) groups is 1. The first-order valence-electron chi connectivity index (χ1n) is 7.72. The van der Waals surface area contributed by atoms with E-state index in [0.717, 1.165) is 24.0 Å². The molecule has 3 N–H and O–H groups in total. The van der Waals surface area contributed by atoms with Gasteiger partial charge in [-0.05, 0) is 39.7 Å². The van der Waals surface area contributed by atoms with Crippen LogP contribution in [0.2, 0.25) is 0 Å². The second-order valence-electron chi connectivity index (χ2n) is 5.61. The molecule has 1 aromatic rings. The van der Waals surface area contributed by atoms with Gasteiger partial charge in [-0.1, -0.05) is 31.5 Å². The molecular weight excluding hydrogens is 264 g/mol. The van der Waals surface area contributed by atoms with Crippen molar-refractivity contribution in [1.29, 1.82) is 0 Å². The molecule has 21 heavy (non-hydrogen) atoms. The number of aryl methyl sites for hydroxylation is 1. The smallest absolute Gasteiger partial charge is 0.260 e. The van der Waals surface area contributed by atoms with Crippen molar-refractivity contribution in [3.63, 3.8) is 0 Å². The Labute approximate surface area is 128 Å². The van der Waals surface area contributed by atoms with Crippen LogP contribution in [0, 0.1) is 6.92 Å². The minimum Gasteiger partial charge on any atom is -0.481 e. The predicted octanol–water partition coefficient (Wildman–Crippen LogP) is 3.09. The molecule has 0 aliphatic carbocycles. The molecule has 4 nitrogen and oxygen atoms in total. The Balaban J connectivity index is 2.78. The lowest BCUT2D eigenvalue weighted by Crippen LogP contribution is -2.42. The summed E-state index contributed by atoms with van der Waals surface area (Å²) in [6.07, 6.45) is 1.31. The van der Waals surface area contributed by atoms with Crippen LogP contribution in [0.15, 0.2) is 18.2 Å². The van der Waals surface area contributed by atoms with Gasteiger partial charge >= 0.3 is 0 Å². The summed E-state index contributed by atoms with van der Waals surface area (Å²) in [5.74, 6) is 0.600. The lowest BCUT2D eigenvalue weighted by molar-refractivity contribution is -0.128. The number of rotatable bonds is 7. The SMILES string of the molecule is CCC(CC)NC(=O)C(C)Oc1ccc(C)cc1[C@H](C)N. The minimum atomic E-state index is -0.536. The minimum absolute atomic E-state index is 0.0834. The van der Waals surface area contributed by atoms with Gasteiger partial charge in [-0.15, -0.1) is 0 Å². The van der Waals surface area contributed by atoms with Gasteiger partial charge in [-0.2, -0.15) is 0 Å². The molecule has 118 valence electrons. The lowest BCUT2D eigenvalue weighted by Gasteiger charge is -2.21. The normalized spacial score (nSPS) is 13.9. The van der Waals surface area contributed by atoms with E-state index < -0.39 is 6.10 Å². The van der Waals surface area contributed by atoms with Crippen LogP contribution in [0.3, 0.4) is 0 Å². The van der Waals surface area contributed by atoms with Crippen LogP contribution in [0.4, 0.5) is 0 Å². The monoisotopic (exact) mass is 292 g/mol. The van der Waals surface area contributed by atoms with E-state index in [1.807, 2.05) is 32.0 Å². The topological polar surface area (TPSA) is 64.3 Å². The second kappa shape index (κ2) is 8.03. The summed E-state index contributed by atoms with van der Waals surface area (Å²) in [6, 6.07) is 5.93. The second-order valence-corrected chi connectivity index (χ2v) is 5.61. The zero-order valence-corrected chi connectivity index (χ0v) is 13.8. The predicted molar refractivity (Wildman–Crippen MR) is 86.4 cm³/mol. The third-order valence-corrected chi connectivity index (χ3v) is 3.66. The molecule has 1 unspecified atom stereocenters. The van der Waals surface area contributed by atoms with Gasteiger partial charge in [0.2, 0.25) is 0 Å². The van der Waals surface area contributed by atoms with Gasteiger partial charge in [0.15, 0.2) is 6.10 Å². The van der Waals surface area contributed by atoms with Crippen LogP contribution in [0.25, 0.3) is 0 Å². The molecule has 0 heterocycles. The zero-order valence-electron chi connectivity index (χ0n) is 13.8. The maximum absolute atomic E-state index is 12.2. The van der Waals surface area contributed by atoms with Gasteiger partial charge in [0.1, 0.15) is 5.75 Å². The molecular formula is C17H28N2O2. The number of hydrogen-bond donors (Lipinski definition) is 2. The number of ether oxygens (including phenoxy) is 1. The van der Waals surface area contributed by atoms with E-state index >= 15 is 0 Å². The largest absolute Gasteiger partial charge is 0.481 e. The third kappa shape index (κ3) is 5.05. The van der Waals surface area contributed by atoms with E-state index in [-0.39, 0.29) is 18.0 Å². The van der Waals surface area contributed by atoms with Crippen LogP contribution in [-0.2, 0) is 4.79 Å². The third-order valence-electron chi connectivity index (χ3n) is 3.66. The number of benzene rings is 1. The zero-order chi connectivity index (χ0) is 16.0. The first-order chi connectivity index (χ1) is 9.88. The van der Waals surface area contributed by atoms with Gasteiger partial charge in [0, 0.05) is 17.6 Å². The van der Waals surface area contributed by atoms with Crippen LogP contribution >= 0.6 is 0 Å². The summed E-state index contributed by atoms with van der Waals surface area (Å²) in [5, 5.41) is 3.00. The first kappa shape index (κ1) is 17.5. The average Bonchev–Trinajstić information content (AvgIpc) is 2.45. The summed E-state index contributed by atoms with van der Waals surface area (Å²) >= 11 is 0. The molecule has 0 saturated carbocycles. The summed E-state index contributed by atoms with van der Waals surface area (Å²) in [4.78, 5) is 12.2. The maximum atomic E-state index is 12.2. The lowest BCUT2D eigenvalue weighted by atomic mass is 10.0. The molecule has 0 aliphatic heterocycles. The summed E-state index contributed by atoms with van der Waals surface area (Å²) in [5.41, 5.74) is 8.03. The number of amides is 1. The molecule has 1 aromatic carbocycles. The van der Waals surface area contributed by atoms with Crippen molar-refractivity contribution in [2.75, 3.05) is 0 Å². The van der Waals surface area contributed by atoms with Crippen molar-refractivity contribution < 1.29 is 9.53 Å². The highest BCUT2D eigenvalue weighted by molar-refractivity contribution is 5.81. The van der Waals surface area contributed by atoms with Gasteiger partial charge in [-0.3, -0.25) is 4.79 Å². The fraction of sp³-hybridized carbons (Fsp3) is 0.588. The fourth-order valence-corrected chi connectivity index (χ4v) is 2.19. The van der Waals surface area contributed by atoms with E-state index in [1.165, 1.54) is 0 Å². The van der Waals surface area contributed by atoms with Gasteiger partial charge in [0.05, 0.1) is 0 Å². The highest BCUT2D eigenvalue weighted by atomic mass is 16.5. The number of hydrogen-bond acceptors (Lipinski definition) is 3. The van der Waals surface area contributed by atoms with E-state index in [1.54, 1.807) is 6.92 Å². The molecule has 0 bridgehead atoms. The number of nitrogens with one attached hydrogen (secondary N) is 1. The Bertz CT molecular complexity index is 468. The van der Waals surface area contributed by atoms with Gasteiger partial charge in [-0.25, -0.2) is 0 Å². The summed E-state index contributed by atoms with van der Waals surface area (Å²) in [6.45, 7) is 9.82. The molecule has 0 saturated heterocycles. The van der Waals surface area contributed by atoms with Crippen molar-refractivity contribution in [2.45, 2.75) is 65.6 Å². The Hall–Kier alpha value is -1.55. The summed E-state index contributed by atoms with van der Waals surface area (Å²) in [7, 11) is 0. The molecule has 0 fully saturated rings. The highest BCUT2D eigenvalue weighted by Gasteiger charge is 2.19. The maximum Gasteiger partial charge on any atom is 0.260 e. The van der Waals surface area contributed by atoms with Crippen molar-refractivity contribution >= 4 is 5.91 Å². The highest BCUT2D eigenvalue weighted by Crippen LogP contribution is 2.26. The molecule has 1 rings (SSSR count). The molecule has 0 spiro atoms. The van der Waals surface area contributed by atoms with Crippen LogP contribution < -0.4 is 15.8 Å². The Morgan fingerprint density at radius 2 is 1.90 bits per heavy atom. The Morgan fingerprint density at radius 1 is 1.29 bits per heavy atom. The van der Waals surface area contributed by atoms with Crippen LogP contribution in [-0.4, -0.2) is 18.1 Å². The average molecular weight is 292 g/mol. The van der Waals surface area contributed by atoms with E-state index in [2.05, 4.69) is 19.2 Å². The van der Waals surface area contributed by atoms with E-state index in [0.29, 0.717) is 5.75 Å². The van der Waals surface area contributed by atoms with Gasteiger partial charge in [0.25, 0.3) is 5.91 Å². The van der Waals surface area contributed by atoms with Crippen molar-refractivity contribution in [3.05, 3.63) is 29.3 Å². The van der Waals surface area contributed by atoms with Crippen molar-refractivity contribution in [1.82, 2.24) is 5.32 Å². The van der Waals surface area contributed by atoms with Crippen LogP contribution in [0.1, 0.15) is 57.7 Å². The van der Waals surface area contributed by atoms with Crippen molar-refractivity contribution in [3.8, 4) is 5.75 Å². The molecule has 4 heteroatoms. The molecule has 1 amide bonds. The van der Waals surface area contributed by atoms with Crippen molar-refractivity contribution in [2.24, 2.45) is 5.73 Å². The molecule has 0 radical (unpaired) electrons. The Kier molecular flexibility index (Phi) is 6.69. The summed E-state index contributed by atoms with van der Waals surface area (Å²) < 4.78 is 5.82. The first-order valence-corrected chi connectivity index (χ1v) is 7.72. The Morgan fingerprint density at radius 3 is 2.43 bits per heavy atom. The standard InChI is InChI=1S/C17H28N2O2/c1-6-14(7-2)19-17(20)13(5)21-16-9-8-11(3)10-15(16)12(4)18/h8-10,12-14H,6-7,18H2,1-5H3,(H,19,20)/t12-,13?/m0/s1.